The van der Waals surface area contributed by atoms with E-state index < -0.39 is 6.10 Å². The van der Waals surface area contributed by atoms with Crippen LogP contribution in [0.5, 0.6) is 0 Å². The number of nitrogens with zero attached hydrogens (tertiary/aromatic N) is 2. The highest BCUT2D eigenvalue weighted by atomic mass is 16.4. The van der Waals surface area contributed by atoms with Crippen LogP contribution in [0.2, 0.25) is 0 Å². The number of aryl methyl sites for hydroxylation is 1. The third kappa shape index (κ3) is 4.73. The average Bonchev–Trinajstić information content (AvgIpc) is 3.16. The molecule has 7 heteroatoms. The van der Waals surface area contributed by atoms with Crippen molar-refractivity contribution in [1.82, 2.24) is 15.6 Å². The molecule has 0 aromatic carbocycles. The molecule has 1 fully saturated rings. The van der Waals surface area contributed by atoms with Crippen molar-refractivity contribution in [1.29, 1.82) is 0 Å². The van der Waals surface area contributed by atoms with Gasteiger partial charge in [0.25, 0.3) is 0 Å². The van der Waals surface area contributed by atoms with E-state index in [0.717, 1.165) is 37.3 Å². The summed E-state index contributed by atoms with van der Waals surface area (Å²) in [7, 11) is 0. The number of hydrogen-bond acceptors (Lipinski definition) is 5. The first-order valence-corrected chi connectivity index (χ1v) is 8.55. The molecule has 0 unspecified atom stereocenters. The Morgan fingerprint density at radius 3 is 2.84 bits per heavy atom. The normalized spacial score (nSPS) is 16.5. The fraction of sp³-hybridized carbons (Fsp3) is 0.444. The van der Waals surface area contributed by atoms with E-state index in [-0.39, 0.29) is 18.6 Å². The topological polar surface area (TPSA) is 90.6 Å². The number of nitrogens with one attached hydrogen (secondary N) is 2. The molecule has 3 heterocycles. The van der Waals surface area contributed by atoms with E-state index in [1.807, 2.05) is 19.2 Å². The zero-order valence-corrected chi connectivity index (χ0v) is 14.3. The van der Waals surface area contributed by atoms with E-state index in [9.17, 15) is 9.90 Å². The van der Waals surface area contributed by atoms with Gasteiger partial charge in [0.2, 0.25) is 0 Å². The zero-order valence-electron chi connectivity index (χ0n) is 14.3. The van der Waals surface area contributed by atoms with Gasteiger partial charge in [-0.3, -0.25) is 0 Å². The van der Waals surface area contributed by atoms with E-state index in [1.54, 1.807) is 12.1 Å². The van der Waals surface area contributed by atoms with Gasteiger partial charge in [-0.2, -0.15) is 0 Å². The predicted octanol–water partition coefficient (Wildman–Crippen LogP) is 1.98. The molecule has 1 saturated heterocycles. The van der Waals surface area contributed by atoms with Crippen LogP contribution in [-0.2, 0) is 0 Å². The van der Waals surface area contributed by atoms with Gasteiger partial charge in [0.1, 0.15) is 17.7 Å². The number of hydrogen-bond donors (Lipinski definition) is 3. The molecule has 7 nitrogen and oxygen atoms in total. The summed E-state index contributed by atoms with van der Waals surface area (Å²) in [6.07, 6.45) is 4.26. The third-order valence-electron chi connectivity index (χ3n) is 4.38. The number of carbonyl (C=O) groups is 1. The first-order valence-electron chi connectivity index (χ1n) is 8.55. The van der Waals surface area contributed by atoms with Crippen LogP contribution in [0.25, 0.3) is 0 Å². The summed E-state index contributed by atoms with van der Waals surface area (Å²) in [6.45, 7) is 3.85. The summed E-state index contributed by atoms with van der Waals surface area (Å²) >= 11 is 0. The monoisotopic (exact) mass is 344 g/mol. The van der Waals surface area contributed by atoms with E-state index in [2.05, 4.69) is 26.6 Å². The standard InChI is InChI=1S/C18H24N4O3/c1-13-4-5-17(19-11-13)22-8-6-14(7-9-22)21-18(24)20-12-15(23)16-3-2-10-25-16/h2-5,10-11,14-15,23H,6-9,12H2,1H3,(H2,20,21,24)/t15-/m1/s1. The molecule has 2 aromatic heterocycles. The van der Waals surface area contributed by atoms with Gasteiger partial charge >= 0.3 is 6.03 Å². The summed E-state index contributed by atoms with van der Waals surface area (Å²) in [6, 6.07) is 7.34. The zero-order chi connectivity index (χ0) is 17.6. The van der Waals surface area contributed by atoms with Crippen molar-refractivity contribution in [2.45, 2.75) is 31.9 Å². The van der Waals surface area contributed by atoms with Crippen LogP contribution < -0.4 is 15.5 Å². The maximum Gasteiger partial charge on any atom is 0.315 e. The molecule has 2 amide bonds. The smallest absolute Gasteiger partial charge is 0.315 e. The largest absolute Gasteiger partial charge is 0.467 e. The highest BCUT2D eigenvalue weighted by molar-refractivity contribution is 5.74. The second-order valence-electron chi connectivity index (χ2n) is 6.34. The Bertz CT molecular complexity index is 664. The predicted molar refractivity (Wildman–Crippen MR) is 94.4 cm³/mol. The van der Waals surface area contributed by atoms with Crippen molar-refractivity contribution in [3.05, 3.63) is 48.0 Å². The molecule has 1 atom stereocenters. The summed E-state index contributed by atoms with van der Waals surface area (Å²) in [5.74, 6) is 1.43. The van der Waals surface area contributed by atoms with Crippen molar-refractivity contribution in [3.63, 3.8) is 0 Å². The number of urea groups is 1. The molecule has 134 valence electrons. The number of furan rings is 1. The molecule has 0 radical (unpaired) electrons. The van der Waals surface area contributed by atoms with Crippen LogP contribution in [0.3, 0.4) is 0 Å². The highest BCUT2D eigenvalue weighted by Crippen LogP contribution is 2.18. The number of piperidine rings is 1. The Balaban J connectivity index is 1.39. The summed E-state index contributed by atoms with van der Waals surface area (Å²) < 4.78 is 5.11. The van der Waals surface area contributed by atoms with Crippen molar-refractivity contribution in [2.24, 2.45) is 0 Å². The lowest BCUT2D eigenvalue weighted by molar-refractivity contribution is 0.147. The van der Waals surface area contributed by atoms with Gasteiger partial charge in [-0.05, 0) is 43.5 Å². The minimum atomic E-state index is -0.838. The molecule has 0 aliphatic carbocycles. The van der Waals surface area contributed by atoms with E-state index in [4.69, 9.17) is 4.42 Å². The van der Waals surface area contributed by atoms with Crippen molar-refractivity contribution >= 4 is 11.8 Å². The van der Waals surface area contributed by atoms with Gasteiger partial charge in [-0.25, -0.2) is 9.78 Å². The number of aromatic nitrogens is 1. The molecule has 3 rings (SSSR count). The van der Waals surface area contributed by atoms with Crippen LogP contribution in [0.4, 0.5) is 10.6 Å². The Hall–Kier alpha value is -2.54. The molecule has 0 bridgehead atoms. The second kappa shape index (κ2) is 8.02. The van der Waals surface area contributed by atoms with Crippen LogP contribution in [0.1, 0.15) is 30.3 Å². The minimum absolute atomic E-state index is 0.117. The van der Waals surface area contributed by atoms with Crippen molar-refractivity contribution in [2.75, 3.05) is 24.5 Å². The molecule has 0 saturated carbocycles. The molecule has 2 aromatic rings. The van der Waals surface area contributed by atoms with Crippen LogP contribution in [-0.4, -0.2) is 41.8 Å². The first-order chi connectivity index (χ1) is 12.1. The molecular formula is C18H24N4O3. The number of aliphatic hydroxyl groups excluding tert-OH is 1. The maximum atomic E-state index is 12.0. The lowest BCUT2D eigenvalue weighted by Crippen LogP contribution is -2.48. The fourth-order valence-electron chi connectivity index (χ4n) is 2.91. The highest BCUT2D eigenvalue weighted by Gasteiger charge is 2.22. The number of amides is 2. The SMILES string of the molecule is Cc1ccc(N2CCC(NC(=O)NC[C@@H](O)c3ccco3)CC2)nc1. The number of carbonyl (C=O) groups excluding carboxylic acids is 1. The number of anilines is 1. The van der Waals surface area contributed by atoms with E-state index >= 15 is 0 Å². The second-order valence-corrected chi connectivity index (χ2v) is 6.34. The molecule has 25 heavy (non-hydrogen) atoms. The molecular weight excluding hydrogens is 320 g/mol. The summed E-state index contributed by atoms with van der Waals surface area (Å²) in [5.41, 5.74) is 1.15. The van der Waals surface area contributed by atoms with E-state index in [0.29, 0.717) is 5.76 Å². The molecule has 1 aliphatic rings. The Morgan fingerprint density at radius 2 is 2.20 bits per heavy atom. The molecule has 1 aliphatic heterocycles. The van der Waals surface area contributed by atoms with Gasteiger partial charge in [0.15, 0.2) is 0 Å². The van der Waals surface area contributed by atoms with Gasteiger partial charge in [-0.15, -0.1) is 0 Å². The Labute approximate surface area is 147 Å². The van der Waals surface area contributed by atoms with Crippen LogP contribution in [0.15, 0.2) is 41.1 Å². The third-order valence-corrected chi connectivity index (χ3v) is 4.38. The molecule has 3 N–H and O–H groups in total. The fourth-order valence-corrected chi connectivity index (χ4v) is 2.91. The number of rotatable bonds is 5. The van der Waals surface area contributed by atoms with Gasteiger partial charge in [0.05, 0.1) is 12.8 Å². The quantitative estimate of drug-likeness (QED) is 0.772. The van der Waals surface area contributed by atoms with Crippen LogP contribution in [0, 0.1) is 6.92 Å². The maximum absolute atomic E-state index is 12.0. The lowest BCUT2D eigenvalue weighted by Gasteiger charge is -2.33. The van der Waals surface area contributed by atoms with E-state index in [1.165, 1.54) is 6.26 Å². The Kier molecular flexibility index (Phi) is 5.55. The minimum Gasteiger partial charge on any atom is -0.467 e. The van der Waals surface area contributed by atoms with Gasteiger partial charge < -0.3 is 25.1 Å². The summed E-state index contributed by atoms with van der Waals surface area (Å²) in [5, 5.41) is 15.5. The van der Waals surface area contributed by atoms with Crippen molar-refractivity contribution in [3.8, 4) is 0 Å². The molecule has 0 spiro atoms. The summed E-state index contributed by atoms with van der Waals surface area (Å²) in [4.78, 5) is 18.7. The average molecular weight is 344 g/mol. The first kappa shape index (κ1) is 17.3. The Morgan fingerprint density at radius 1 is 1.40 bits per heavy atom. The van der Waals surface area contributed by atoms with Gasteiger partial charge in [-0.1, -0.05) is 6.07 Å². The van der Waals surface area contributed by atoms with Gasteiger partial charge in [0, 0.05) is 25.3 Å². The number of pyridine rings is 1. The van der Waals surface area contributed by atoms with Crippen LogP contribution >= 0.6 is 0 Å². The van der Waals surface area contributed by atoms with Crippen molar-refractivity contribution < 1.29 is 14.3 Å². The lowest BCUT2D eigenvalue weighted by atomic mass is 10.1. The number of aliphatic hydroxyl groups is 1.